The molecule has 1 aliphatic rings. The maximum atomic E-state index is 5.83. The van der Waals surface area contributed by atoms with E-state index < -0.39 is 0 Å². The molecule has 0 saturated carbocycles. The fraction of sp³-hybridized carbons (Fsp3) is 0.0417. The summed E-state index contributed by atoms with van der Waals surface area (Å²) >= 11 is 0. The average Bonchev–Trinajstić information content (AvgIpc) is 3.24. The zero-order valence-corrected chi connectivity index (χ0v) is 15.5. The van der Waals surface area contributed by atoms with Crippen LogP contribution in [-0.2, 0) is 0 Å². The number of nitrogens with one attached hydrogen (secondary N) is 1. The molecule has 0 radical (unpaired) electrons. The van der Waals surface area contributed by atoms with Crippen LogP contribution in [0.2, 0.25) is 0 Å². The van der Waals surface area contributed by atoms with Crippen LogP contribution in [-0.4, -0.2) is 11.8 Å². The highest BCUT2D eigenvalue weighted by molar-refractivity contribution is 5.67. The van der Waals surface area contributed by atoms with Crippen LogP contribution in [0.4, 0.5) is 11.5 Å². The molecule has 0 fully saturated rings. The fourth-order valence-electron chi connectivity index (χ4n) is 3.10. The normalized spacial score (nSPS) is 11.9. The lowest BCUT2D eigenvalue weighted by Gasteiger charge is -2.10. The molecule has 5 nitrogen and oxygen atoms in total. The molecule has 0 saturated heterocycles. The quantitative estimate of drug-likeness (QED) is 0.458. The summed E-state index contributed by atoms with van der Waals surface area (Å²) in [6, 6.07) is 29.2. The Balaban J connectivity index is 1.31. The molecule has 0 atom stereocenters. The Morgan fingerprint density at radius 1 is 0.724 bits per heavy atom. The van der Waals surface area contributed by atoms with Crippen molar-refractivity contribution < 1.29 is 14.2 Å². The predicted molar refractivity (Wildman–Crippen MR) is 112 cm³/mol. The molecule has 4 aromatic rings. The van der Waals surface area contributed by atoms with Gasteiger partial charge >= 0.3 is 0 Å². The van der Waals surface area contributed by atoms with Gasteiger partial charge in [-0.15, -0.1) is 0 Å². The Morgan fingerprint density at radius 3 is 2.38 bits per heavy atom. The van der Waals surface area contributed by atoms with Gasteiger partial charge in [0.15, 0.2) is 11.5 Å². The summed E-state index contributed by atoms with van der Waals surface area (Å²) in [7, 11) is 0. The number of rotatable bonds is 5. The predicted octanol–water partition coefficient (Wildman–Crippen LogP) is 6.01. The van der Waals surface area contributed by atoms with Crippen molar-refractivity contribution in [3.05, 3.63) is 91.0 Å². The summed E-state index contributed by atoms with van der Waals surface area (Å²) < 4.78 is 16.7. The monoisotopic (exact) mass is 382 g/mol. The number of pyridine rings is 1. The van der Waals surface area contributed by atoms with Gasteiger partial charge in [0.05, 0.1) is 5.69 Å². The van der Waals surface area contributed by atoms with Crippen LogP contribution < -0.4 is 19.5 Å². The average molecular weight is 382 g/mol. The van der Waals surface area contributed by atoms with Crippen LogP contribution in [0.15, 0.2) is 91.0 Å². The van der Waals surface area contributed by atoms with Crippen LogP contribution in [0.1, 0.15) is 0 Å². The molecule has 0 amide bonds. The molecule has 1 N–H and O–H groups in total. The molecule has 142 valence electrons. The summed E-state index contributed by atoms with van der Waals surface area (Å²) in [4.78, 5) is 4.72. The van der Waals surface area contributed by atoms with Crippen LogP contribution in [0.25, 0.3) is 11.3 Å². The third kappa shape index (κ3) is 3.84. The van der Waals surface area contributed by atoms with E-state index in [-0.39, 0.29) is 6.79 Å². The van der Waals surface area contributed by atoms with Gasteiger partial charge in [-0.25, -0.2) is 4.98 Å². The van der Waals surface area contributed by atoms with Crippen LogP contribution in [0.5, 0.6) is 23.0 Å². The van der Waals surface area contributed by atoms with Gasteiger partial charge in [-0.05, 0) is 66.7 Å². The van der Waals surface area contributed by atoms with E-state index in [0.29, 0.717) is 0 Å². The molecule has 3 aromatic carbocycles. The highest BCUT2D eigenvalue weighted by Crippen LogP contribution is 2.35. The van der Waals surface area contributed by atoms with Crippen LogP contribution in [0.3, 0.4) is 0 Å². The molecule has 2 heterocycles. The minimum Gasteiger partial charge on any atom is -0.457 e. The smallest absolute Gasteiger partial charge is 0.231 e. The van der Waals surface area contributed by atoms with E-state index in [1.165, 1.54) is 0 Å². The Labute approximate surface area is 168 Å². The van der Waals surface area contributed by atoms with E-state index in [9.17, 15) is 0 Å². The van der Waals surface area contributed by atoms with Crippen molar-refractivity contribution in [3.8, 4) is 34.3 Å². The summed E-state index contributed by atoms with van der Waals surface area (Å²) in [6.07, 6.45) is 0. The molecule has 1 aromatic heterocycles. The highest BCUT2D eigenvalue weighted by atomic mass is 16.7. The first kappa shape index (κ1) is 17.1. The van der Waals surface area contributed by atoms with Crippen molar-refractivity contribution in [2.24, 2.45) is 0 Å². The number of hydrogen-bond donors (Lipinski definition) is 1. The van der Waals surface area contributed by atoms with Gasteiger partial charge < -0.3 is 19.5 Å². The van der Waals surface area contributed by atoms with Crippen molar-refractivity contribution in [1.29, 1.82) is 0 Å². The first-order valence-electron chi connectivity index (χ1n) is 9.31. The number of para-hydroxylation sites is 1. The molecule has 5 rings (SSSR count). The molecule has 1 aliphatic heterocycles. The lowest BCUT2D eigenvalue weighted by molar-refractivity contribution is 0.174. The first-order valence-corrected chi connectivity index (χ1v) is 9.31. The van der Waals surface area contributed by atoms with Crippen LogP contribution in [0, 0.1) is 0 Å². The van der Waals surface area contributed by atoms with Gasteiger partial charge in [0.25, 0.3) is 0 Å². The minimum atomic E-state index is 0.262. The molecule has 5 heteroatoms. The second-order valence-electron chi connectivity index (χ2n) is 6.54. The number of benzene rings is 3. The van der Waals surface area contributed by atoms with Gasteiger partial charge in [-0.2, -0.15) is 0 Å². The minimum absolute atomic E-state index is 0.262. The Bertz CT molecular complexity index is 1130. The largest absolute Gasteiger partial charge is 0.457 e. The second kappa shape index (κ2) is 7.56. The van der Waals surface area contributed by atoms with Crippen molar-refractivity contribution in [2.75, 3.05) is 12.1 Å². The molecular formula is C24H18N2O3. The van der Waals surface area contributed by atoms with Gasteiger partial charge in [0.2, 0.25) is 6.79 Å². The van der Waals surface area contributed by atoms with Gasteiger partial charge in [-0.3, -0.25) is 0 Å². The third-order valence-corrected chi connectivity index (χ3v) is 4.52. The molecule has 0 spiro atoms. The molecule has 0 aliphatic carbocycles. The van der Waals surface area contributed by atoms with Crippen molar-refractivity contribution in [1.82, 2.24) is 4.98 Å². The highest BCUT2D eigenvalue weighted by Gasteiger charge is 2.14. The Morgan fingerprint density at radius 2 is 1.52 bits per heavy atom. The fourth-order valence-corrected chi connectivity index (χ4v) is 3.10. The maximum absolute atomic E-state index is 5.83. The molecule has 0 unspecified atom stereocenters. The Hall–Kier alpha value is -3.99. The van der Waals surface area contributed by atoms with E-state index in [2.05, 4.69) is 5.32 Å². The van der Waals surface area contributed by atoms with Gasteiger partial charge in [-0.1, -0.05) is 24.3 Å². The summed E-state index contributed by atoms with van der Waals surface area (Å²) in [5.74, 6) is 3.87. The van der Waals surface area contributed by atoms with Crippen molar-refractivity contribution in [2.45, 2.75) is 0 Å². The zero-order chi connectivity index (χ0) is 19.5. The molecule has 0 bridgehead atoms. The number of hydrogen-bond acceptors (Lipinski definition) is 5. The lowest BCUT2D eigenvalue weighted by Crippen LogP contribution is -1.95. The third-order valence-electron chi connectivity index (χ3n) is 4.52. The summed E-state index contributed by atoms with van der Waals surface area (Å²) in [5, 5.41) is 3.33. The van der Waals surface area contributed by atoms with E-state index in [1.54, 1.807) is 0 Å². The standard InChI is InChI=1S/C24H18N2O3/c1-2-5-19(6-3-1)29-20-12-10-18(11-13-20)25-24-8-4-7-21(26-24)17-9-14-22-23(15-17)28-16-27-22/h1-15H,16H2,(H,25,26). The van der Waals surface area contributed by atoms with Crippen molar-refractivity contribution >= 4 is 11.5 Å². The first-order chi connectivity index (χ1) is 14.3. The second-order valence-corrected chi connectivity index (χ2v) is 6.54. The van der Waals surface area contributed by atoms with E-state index in [0.717, 1.165) is 45.8 Å². The molecular weight excluding hydrogens is 364 g/mol. The van der Waals surface area contributed by atoms with Gasteiger partial charge in [0.1, 0.15) is 17.3 Å². The number of nitrogens with zero attached hydrogens (tertiary/aromatic N) is 1. The maximum Gasteiger partial charge on any atom is 0.231 e. The lowest BCUT2D eigenvalue weighted by atomic mass is 10.1. The van der Waals surface area contributed by atoms with E-state index >= 15 is 0 Å². The molecule has 29 heavy (non-hydrogen) atoms. The number of anilines is 2. The SMILES string of the molecule is c1ccc(Oc2ccc(Nc3cccc(-c4ccc5c(c4)OCO5)n3)cc2)cc1. The van der Waals surface area contributed by atoms with Crippen molar-refractivity contribution in [3.63, 3.8) is 0 Å². The number of aromatic nitrogens is 1. The summed E-state index contributed by atoms with van der Waals surface area (Å²) in [6.45, 7) is 0.262. The van der Waals surface area contributed by atoms with E-state index in [1.807, 2.05) is 91.0 Å². The number of fused-ring (bicyclic) bond motifs is 1. The topological polar surface area (TPSA) is 52.6 Å². The summed E-state index contributed by atoms with van der Waals surface area (Å²) in [5.41, 5.74) is 2.77. The van der Waals surface area contributed by atoms with Crippen LogP contribution >= 0.6 is 0 Å². The number of ether oxygens (including phenoxy) is 3. The zero-order valence-electron chi connectivity index (χ0n) is 15.5. The van der Waals surface area contributed by atoms with Gasteiger partial charge in [0, 0.05) is 11.3 Å². The van der Waals surface area contributed by atoms with E-state index in [4.69, 9.17) is 19.2 Å². The Kier molecular flexibility index (Phi) is 4.47.